The molecular weight excluding hydrogens is 146 g/mol. The minimum Gasteiger partial charge on any atom is -0.371 e. The molecule has 0 aliphatic heterocycles. The Hall–Kier alpha value is -0.160. The molecule has 0 atom stereocenters. The second kappa shape index (κ2) is 7.94. The van der Waals surface area contributed by atoms with Gasteiger partial charge in [0.25, 0.3) is 0 Å². The van der Waals surface area contributed by atoms with Gasteiger partial charge in [-0.05, 0) is 13.1 Å². The fraction of sp³-hybridized carbons (Fsp3) is 1.00. The van der Waals surface area contributed by atoms with Gasteiger partial charge < -0.3 is 14.6 Å². The van der Waals surface area contributed by atoms with E-state index in [4.69, 9.17) is 9.84 Å². The van der Waals surface area contributed by atoms with Crippen LogP contribution < -0.4 is 0 Å². The summed E-state index contributed by atoms with van der Waals surface area (Å²) in [5.74, 6) is 0. The Morgan fingerprint density at radius 1 is 1.18 bits per heavy atom. The van der Waals surface area contributed by atoms with Crippen LogP contribution in [-0.4, -0.2) is 43.4 Å². The molecular formula is C7H17NO3. The van der Waals surface area contributed by atoms with E-state index in [1.807, 2.05) is 0 Å². The third kappa shape index (κ3) is 6.25. The molecule has 0 rings (SSSR count). The first-order valence-electron chi connectivity index (χ1n) is 3.83. The molecule has 0 heterocycles. The van der Waals surface area contributed by atoms with Gasteiger partial charge in [0, 0.05) is 0 Å². The highest BCUT2D eigenvalue weighted by molar-refractivity contribution is 4.41. The summed E-state index contributed by atoms with van der Waals surface area (Å²) in [6.45, 7) is 6.52. The minimum atomic E-state index is -0.280. The molecule has 0 aromatic rings. The Labute approximate surface area is 67.7 Å². The lowest BCUT2D eigenvalue weighted by Gasteiger charge is -2.17. The van der Waals surface area contributed by atoms with Crippen molar-refractivity contribution in [1.29, 1.82) is 0 Å². The van der Waals surface area contributed by atoms with Gasteiger partial charge in [-0.2, -0.15) is 0 Å². The van der Waals surface area contributed by atoms with Gasteiger partial charge in [-0.25, -0.2) is 0 Å². The lowest BCUT2D eigenvalue weighted by molar-refractivity contribution is -0.128. The van der Waals surface area contributed by atoms with Crippen LogP contribution in [0.3, 0.4) is 0 Å². The number of nitrogens with zero attached hydrogens (tertiary/aromatic N) is 1. The highest BCUT2D eigenvalue weighted by Crippen LogP contribution is 1.87. The van der Waals surface area contributed by atoms with Crippen molar-refractivity contribution < 1.29 is 14.6 Å². The van der Waals surface area contributed by atoms with Crippen LogP contribution in [0, 0.1) is 0 Å². The number of aliphatic hydroxyl groups excluding tert-OH is 1. The normalized spacial score (nSPS) is 10.9. The number of hydrogen-bond acceptors (Lipinski definition) is 4. The van der Waals surface area contributed by atoms with E-state index >= 15 is 0 Å². The monoisotopic (exact) mass is 163 g/mol. The van der Waals surface area contributed by atoms with E-state index < -0.39 is 0 Å². The topological polar surface area (TPSA) is 41.9 Å². The number of aliphatic hydroxyl groups is 1. The summed E-state index contributed by atoms with van der Waals surface area (Å²) >= 11 is 0. The predicted molar refractivity (Wildman–Crippen MR) is 41.9 cm³/mol. The fourth-order valence-corrected chi connectivity index (χ4v) is 0.669. The Bertz CT molecular complexity index is 76.1. The van der Waals surface area contributed by atoms with E-state index in [0.29, 0.717) is 6.73 Å². The molecule has 0 spiro atoms. The predicted octanol–water partition coefficient (Wildman–Crippen LogP) is 0.226. The van der Waals surface area contributed by atoms with Crippen LogP contribution in [0.1, 0.15) is 13.8 Å². The van der Waals surface area contributed by atoms with E-state index in [0.717, 1.165) is 13.1 Å². The summed E-state index contributed by atoms with van der Waals surface area (Å²) in [5, 5.41) is 8.23. The quantitative estimate of drug-likeness (QED) is 0.431. The molecule has 0 aliphatic carbocycles. The number of rotatable bonds is 7. The van der Waals surface area contributed by atoms with Crippen molar-refractivity contribution in [3.8, 4) is 0 Å². The van der Waals surface area contributed by atoms with Crippen LogP contribution in [0.25, 0.3) is 0 Å². The molecule has 0 bridgehead atoms. The van der Waals surface area contributed by atoms with E-state index in [-0.39, 0.29) is 13.6 Å². The molecule has 0 fully saturated rings. The molecule has 1 N–H and O–H groups in total. The molecule has 4 nitrogen and oxygen atoms in total. The molecule has 0 unspecified atom stereocenters. The molecule has 4 heteroatoms. The second-order valence-corrected chi connectivity index (χ2v) is 2.09. The maximum absolute atomic E-state index is 8.23. The zero-order chi connectivity index (χ0) is 8.53. The van der Waals surface area contributed by atoms with Crippen LogP contribution in [0.2, 0.25) is 0 Å². The van der Waals surface area contributed by atoms with Crippen LogP contribution >= 0.6 is 0 Å². The van der Waals surface area contributed by atoms with Crippen molar-refractivity contribution in [3.05, 3.63) is 0 Å². The second-order valence-electron chi connectivity index (χ2n) is 2.09. The van der Waals surface area contributed by atoms with Gasteiger partial charge in [0.05, 0.1) is 0 Å². The average Bonchev–Trinajstić information content (AvgIpc) is 2.05. The SMILES string of the molecule is CCN(CC)COCOCO. The zero-order valence-corrected chi connectivity index (χ0v) is 7.25. The first kappa shape index (κ1) is 10.8. The van der Waals surface area contributed by atoms with E-state index in [2.05, 4.69) is 23.5 Å². The van der Waals surface area contributed by atoms with Gasteiger partial charge in [-0.3, -0.25) is 4.90 Å². The molecule has 0 aliphatic rings. The van der Waals surface area contributed by atoms with Crippen molar-refractivity contribution in [2.24, 2.45) is 0 Å². The third-order valence-electron chi connectivity index (χ3n) is 1.43. The van der Waals surface area contributed by atoms with Crippen molar-refractivity contribution in [1.82, 2.24) is 4.90 Å². The first-order valence-corrected chi connectivity index (χ1v) is 3.83. The molecule has 11 heavy (non-hydrogen) atoms. The standard InChI is InChI=1S/C7H17NO3/c1-3-8(4-2)5-10-7-11-6-9/h9H,3-7H2,1-2H3. The zero-order valence-electron chi connectivity index (χ0n) is 7.25. The molecule has 0 saturated heterocycles. The van der Waals surface area contributed by atoms with Gasteiger partial charge in [0.15, 0.2) is 6.79 Å². The Kier molecular flexibility index (Phi) is 7.83. The van der Waals surface area contributed by atoms with Gasteiger partial charge >= 0.3 is 0 Å². The van der Waals surface area contributed by atoms with Crippen LogP contribution in [0.5, 0.6) is 0 Å². The van der Waals surface area contributed by atoms with Gasteiger partial charge in [-0.15, -0.1) is 0 Å². The maximum atomic E-state index is 8.23. The third-order valence-corrected chi connectivity index (χ3v) is 1.43. The summed E-state index contributed by atoms with van der Waals surface area (Å²) in [4.78, 5) is 2.11. The maximum Gasteiger partial charge on any atom is 0.151 e. The van der Waals surface area contributed by atoms with Crippen LogP contribution in [-0.2, 0) is 9.47 Å². The van der Waals surface area contributed by atoms with Crippen molar-refractivity contribution in [2.45, 2.75) is 13.8 Å². The summed E-state index contributed by atoms with van der Waals surface area (Å²) in [6, 6.07) is 0. The summed E-state index contributed by atoms with van der Waals surface area (Å²) in [5.41, 5.74) is 0. The van der Waals surface area contributed by atoms with Crippen molar-refractivity contribution in [3.63, 3.8) is 0 Å². The summed E-state index contributed by atoms with van der Waals surface area (Å²) < 4.78 is 9.64. The Balaban J connectivity index is 3.07. The molecule has 0 aromatic heterocycles. The van der Waals surface area contributed by atoms with Crippen molar-refractivity contribution >= 4 is 0 Å². The number of ether oxygens (including phenoxy) is 2. The lowest BCUT2D eigenvalue weighted by atomic mass is 10.6. The molecule has 0 saturated carbocycles. The molecule has 68 valence electrons. The number of hydrogen-bond donors (Lipinski definition) is 1. The highest BCUT2D eigenvalue weighted by atomic mass is 16.7. The fourth-order valence-electron chi connectivity index (χ4n) is 0.669. The summed E-state index contributed by atoms with van der Waals surface area (Å²) in [6.07, 6.45) is 0. The smallest absolute Gasteiger partial charge is 0.151 e. The lowest BCUT2D eigenvalue weighted by Crippen LogP contribution is -2.26. The Morgan fingerprint density at radius 3 is 2.27 bits per heavy atom. The molecule has 0 radical (unpaired) electrons. The molecule has 0 amide bonds. The first-order chi connectivity index (χ1) is 5.35. The van der Waals surface area contributed by atoms with E-state index in [1.54, 1.807) is 0 Å². The van der Waals surface area contributed by atoms with E-state index in [9.17, 15) is 0 Å². The van der Waals surface area contributed by atoms with Gasteiger partial charge in [-0.1, -0.05) is 13.8 Å². The van der Waals surface area contributed by atoms with Gasteiger partial charge in [0.2, 0.25) is 0 Å². The highest BCUT2D eigenvalue weighted by Gasteiger charge is 1.96. The summed E-state index contributed by atoms with van der Waals surface area (Å²) in [7, 11) is 0. The minimum absolute atomic E-state index is 0.160. The largest absolute Gasteiger partial charge is 0.371 e. The van der Waals surface area contributed by atoms with Crippen molar-refractivity contribution in [2.75, 3.05) is 33.4 Å². The van der Waals surface area contributed by atoms with Gasteiger partial charge in [0.1, 0.15) is 13.5 Å². The average molecular weight is 163 g/mol. The molecule has 0 aromatic carbocycles. The Morgan fingerprint density at radius 2 is 1.82 bits per heavy atom. The van der Waals surface area contributed by atoms with Crippen LogP contribution in [0.4, 0.5) is 0 Å². The van der Waals surface area contributed by atoms with E-state index in [1.165, 1.54) is 0 Å². The van der Waals surface area contributed by atoms with Crippen LogP contribution in [0.15, 0.2) is 0 Å².